The molecule has 6 heteroatoms. The molecule has 3 rings (SSSR count). The van der Waals surface area contributed by atoms with Gasteiger partial charge in [0.25, 0.3) is 5.91 Å². The molecule has 3 aromatic rings. The Hall–Kier alpha value is -2.89. The number of aryl methyl sites for hydroxylation is 2. The van der Waals surface area contributed by atoms with Crippen LogP contribution < -0.4 is 10.1 Å². The summed E-state index contributed by atoms with van der Waals surface area (Å²) in [6.45, 7) is 7.07. The number of fused-ring (bicyclic) bond motifs is 1. The van der Waals surface area contributed by atoms with Gasteiger partial charge in [-0.2, -0.15) is 0 Å². The predicted molar refractivity (Wildman–Crippen MR) is 95.7 cm³/mol. The van der Waals surface area contributed by atoms with Gasteiger partial charge in [0.2, 0.25) is 0 Å². The lowest BCUT2D eigenvalue weighted by Crippen LogP contribution is -2.18. The molecular weight excluding hydrogens is 321 g/mol. The first kappa shape index (κ1) is 17.0. The minimum atomic E-state index is -0.444. The lowest BCUT2D eigenvalue weighted by atomic mass is 10.1. The zero-order valence-corrected chi connectivity index (χ0v) is 14.5. The smallest absolute Gasteiger partial charge is 0.273 e. The van der Waals surface area contributed by atoms with E-state index in [-0.39, 0.29) is 5.91 Å². The Morgan fingerprint density at radius 2 is 2.08 bits per heavy atom. The third-order valence-corrected chi connectivity index (χ3v) is 4.10. The molecule has 5 nitrogen and oxygen atoms in total. The Morgan fingerprint density at radius 1 is 1.28 bits per heavy atom. The normalized spacial score (nSPS) is 10.9. The van der Waals surface area contributed by atoms with E-state index >= 15 is 0 Å². The first-order chi connectivity index (χ1) is 12.0. The van der Waals surface area contributed by atoms with Crippen LogP contribution in [0.2, 0.25) is 0 Å². The van der Waals surface area contributed by atoms with E-state index in [1.807, 2.05) is 43.5 Å². The van der Waals surface area contributed by atoms with Crippen molar-refractivity contribution >= 4 is 22.6 Å². The van der Waals surface area contributed by atoms with Crippen LogP contribution in [0.25, 0.3) is 10.9 Å². The van der Waals surface area contributed by atoms with Crippen LogP contribution in [0.1, 0.15) is 29.9 Å². The van der Waals surface area contributed by atoms with Gasteiger partial charge in [-0.05, 0) is 56.7 Å². The van der Waals surface area contributed by atoms with Gasteiger partial charge < -0.3 is 14.6 Å². The van der Waals surface area contributed by atoms with E-state index in [0.717, 1.165) is 28.4 Å². The van der Waals surface area contributed by atoms with Gasteiger partial charge in [-0.15, -0.1) is 0 Å². The summed E-state index contributed by atoms with van der Waals surface area (Å²) >= 11 is 0. The second-order valence-electron chi connectivity index (χ2n) is 5.65. The van der Waals surface area contributed by atoms with Gasteiger partial charge in [0, 0.05) is 17.4 Å². The van der Waals surface area contributed by atoms with Gasteiger partial charge in [-0.1, -0.05) is 0 Å². The molecule has 0 aliphatic rings. The van der Waals surface area contributed by atoms with Crippen molar-refractivity contribution in [3.05, 3.63) is 53.6 Å². The third kappa shape index (κ3) is 3.20. The molecule has 1 N–H and O–H groups in total. The van der Waals surface area contributed by atoms with Gasteiger partial charge in [-0.3, -0.25) is 4.79 Å². The van der Waals surface area contributed by atoms with E-state index in [2.05, 4.69) is 10.3 Å². The molecular formula is C19H20FN3O2. The molecule has 0 atom stereocenters. The molecule has 1 aromatic carbocycles. The Bertz CT molecular complexity index is 917. The van der Waals surface area contributed by atoms with Gasteiger partial charge in [0.15, 0.2) is 0 Å². The Labute approximate surface area is 145 Å². The summed E-state index contributed by atoms with van der Waals surface area (Å²) in [5.41, 5.74) is 2.41. The highest BCUT2D eigenvalue weighted by molar-refractivity contribution is 6.08. The SMILES string of the molecule is CCOc1ccc2c(c1)c(C)c(C(=O)Nc1ccc(F)cn1)n2CC. The van der Waals surface area contributed by atoms with Crippen LogP contribution in [0.3, 0.4) is 0 Å². The zero-order chi connectivity index (χ0) is 18.0. The van der Waals surface area contributed by atoms with Crippen molar-refractivity contribution in [3.8, 4) is 5.75 Å². The number of anilines is 1. The quantitative estimate of drug-likeness (QED) is 0.758. The molecule has 0 fully saturated rings. The monoisotopic (exact) mass is 341 g/mol. The lowest BCUT2D eigenvalue weighted by molar-refractivity contribution is 0.101. The molecule has 0 saturated carbocycles. The molecule has 130 valence electrons. The topological polar surface area (TPSA) is 56.1 Å². The number of benzene rings is 1. The molecule has 0 radical (unpaired) electrons. The molecule has 1 amide bonds. The number of ether oxygens (including phenoxy) is 1. The number of amides is 1. The van der Waals surface area contributed by atoms with Gasteiger partial charge in [0.05, 0.1) is 12.8 Å². The van der Waals surface area contributed by atoms with Crippen molar-refractivity contribution in [1.29, 1.82) is 0 Å². The minimum absolute atomic E-state index is 0.271. The maximum absolute atomic E-state index is 13.0. The maximum Gasteiger partial charge on any atom is 0.273 e. The number of carbonyl (C=O) groups excluding carboxylic acids is 1. The second kappa shape index (κ2) is 6.93. The van der Waals surface area contributed by atoms with E-state index in [0.29, 0.717) is 24.7 Å². The third-order valence-electron chi connectivity index (χ3n) is 4.10. The van der Waals surface area contributed by atoms with E-state index in [9.17, 15) is 9.18 Å². The molecule has 0 spiro atoms. The number of pyridine rings is 1. The summed E-state index contributed by atoms with van der Waals surface area (Å²) in [6.07, 6.45) is 1.08. The summed E-state index contributed by atoms with van der Waals surface area (Å²) in [7, 11) is 0. The van der Waals surface area contributed by atoms with Crippen LogP contribution in [0.15, 0.2) is 36.5 Å². The molecule has 0 bridgehead atoms. The highest BCUT2D eigenvalue weighted by atomic mass is 19.1. The average Bonchev–Trinajstić information content (AvgIpc) is 2.89. The standard InChI is InChI=1S/C19H20FN3O2/c1-4-23-16-8-7-14(25-5-2)10-15(16)12(3)18(23)19(24)22-17-9-6-13(20)11-21-17/h6-11H,4-5H2,1-3H3,(H,21,22,24). The molecule has 0 unspecified atom stereocenters. The maximum atomic E-state index is 13.0. The molecule has 2 aromatic heterocycles. The number of hydrogen-bond donors (Lipinski definition) is 1. The molecule has 2 heterocycles. The van der Waals surface area contributed by atoms with Crippen molar-refractivity contribution in [2.75, 3.05) is 11.9 Å². The summed E-state index contributed by atoms with van der Waals surface area (Å²) in [5, 5.41) is 3.71. The van der Waals surface area contributed by atoms with Crippen molar-refractivity contribution in [1.82, 2.24) is 9.55 Å². The van der Waals surface area contributed by atoms with Crippen LogP contribution in [0, 0.1) is 12.7 Å². The number of nitrogens with one attached hydrogen (secondary N) is 1. The first-order valence-corrected chi connectivity index (χ1v) is 8.23. The fraction of sp³-hybridized carbons (Fsp3) is 0.263. The Balaban J connectivity index is 2.03. The largest absolute Gasteiger partial charge is 0.494 e. The number of nitrogens with zero attached hydrogens (tertiary/aromatic N) is 2. The van der Waals surface area contributed by atoms with Crippen molar-refractivity contribution in [2.24, 2.45) is 0 Å². The number of aromatic nitrogens is 2. The molecule has 0 aliphatic heterocycles. The predicted octanol–water partition coefficient (Wildman–Crippen LogP) is 4.15. The average molecular weight is 341 g/mol. The van der Waals surface area contributed by atoms with E-state index in [4.69, 9.17) is 4.74 Å². The minimum Gasteiger partial charge on any atom is -0.494 e. The highest BCUT2D eigenvalue weighted by Gasteiger charge is 2.20. The van der Waals surface area contributed by atoms with Crippen LogP contribution >= 0.6 is 0 Å². The van der Waals surface area contributed by atoms with E-state index < -0.39 is 5.82 Å². The fourth-order valence-corrected chi connectivity index (χ4v) is 3.00. The highest BCUT2D eigenvalue weighted by Crippen LogP contribution is 2.29. The van der Waals surface area contributed by atoms with Crippen LogP contribution in [0.5, 0.6) is 5.75 Å². The van der Waals surface area contributed by atoms with Crippen LogP contribution in [-0.4, -0.2) is 22.1 Å². The van der Waals surface area contributed by atoms with E-state index in [1.54, 1.807) is 0 Å². The summed E-state index contributed by atoms with van der Waals surface area (Å²) < 4.78 is 20.5. The molecule has 0 aliphatic carbocycles. The lowest BCUT2D eigenvalue weighted by Gasteiger charge is -2.09. The number of halogens is 1. The number of rotatable bonds is 5. The van der Waals surface area contributed by atoms with Crippen molar-refractivity contribution in [2.45, 2.75) is 27.3 Å². The van der Waals surface area contributed by atoms with Gasteiger partial charge in [-0.25, -0.2) is 9.37 Å². The first-order valence-electron chi connectivity index (χ1n) is 8.23. The van der Waals surface area contributed by atoms with Crippen molar-refractivity contribution < 1.29 is 13.9 Å². The van der Waals surface area contributed by atoms with Gasteiger partial charge in [0.1, 0.15) is 23.1 Å². The Morgan fingerprint density at radius 3 is 2.72 bits per heavy atom. The van der Waals surface area contributed by atoms with Crippen molar-refractivity contribution in [3.63, 3.8) is 0 Å². The summed E-state index contributed by atoms with van der Waals surface area (Å²) in [5.74, 6) is 0.375. The van der Waals surface area contributed by atoms with Crippen LogP contribution in [-0.2, 0) is 6.54 Å². The number of carbonyl (C=O) groups is 1. The summed E-state index contributed by atoms with van der Waals surface area (Å²) in [6, 6.07) is 8.52. The molecule has 0 saturated heterocycles. The zero-order valence-electron chi connectivity index (χ0n) is 14.5. The van der Waals surface area contributed by atoms with Crippen LogP contribution in [0.4, 0.5) is 10.2 Å². The summed E-state index contributed by atoms with van der Waals surface area (Å²) in [4.78, 5) is 16.7. The Kier molecular flexibility index (Phi) is 4.70. The van der Waals surface area contributed by atoms with E-state index in [1.165, 1.54) is 12.1 Å². The fourth-order valence-electron chi connectivity index (χ4n) is 3.00. The number of hydrogen-bond acceptors (Lipinski definition) is 3. The second-order valence-corrected chi connectivity index (χ2v) is 5.65. The van der Waals surface area contributed by atoms with Gasteiger partial charge >= 0.3 is 0 Å². The molecule has 25 heavy (non-hydrogen) atoms.